The molecule has 1 aromatic rings. The van der Waals surface area contributed by atoms with E-state index in [1.807, 2.05) is 7.05 Å². The minimum absolute atomic E-state index is 0.00619. The van der Waals surface area contributed by atoms with Crippen molar-refractivity contribution in [2.45, 2.75) is 18.9 Å². The van der Waals surface area contributed by atoms with Gasteiger partial charge in [-0.05, 0) is 50.2 Å². The van der Waals surface area contributed by atoms with Crippen LogP contribution in [-0.2, 0) is 4.74 Å². The Morgan fingerprint density at radius 2 is 1.70 bits per heavy atom. The normalized spacial score (nSPS) is 15.7. The fourth-order valence-corrected chi connectivity index (χ4v) is 2.43. The van der Waals surface area contributed by atoms with Crippen LogP contribution in [0, 0.1) is 0 Å². The predicted molar refractivity (Wildman–Crippen MR) is 75.8 cm³/mol. The Labute approximate surface area is 118 Å². The van der Waals surface area contributed by atoms with Gasteiger partial charge in [-0.1, -0.05) is 0 Å². The molecule has 1 fully saturated rings. The Balaban J connectivity index is 2.06. The smallest absolute Gasteiger partial charge is 0.337 e. The number of methoxy groups -OCH3 is 1. The van der Waals surface area contributed by atoms with Gasteiger partial charge in [0.2, 0.25) is 0 Å². The number of nitrogens with one attached hydrogen (secondary N) is 1. The molecule has 0 atom stereocenters. The molecule has 20 heavy (non-hydrogen) atoms. The van der Waals surface area contributed by atoms with Crippen molar-refractivity contribution in [3.8, 4) is 0 Å². The van der Waals surface area contributed by atoms with Crippen LogP contribution in [0.5, 0.6) is 0 Å². The lowest BCUT2D eigenvalue weighted by atomic mass is 10.0. The molecule has 0 aliphatic carbocycles. The SMILES string of the molecule is COC(=O)c1ccc(C(=O)N(C)C2CCNCC2)cc1. The number of piperidine rings is 1. The Morgan fingerprint density at radius 1 is 1.15 bits per heavy atom. The average molecular weight is 276 g/mol. The van der Waals surface area contributed by atoms with Crippen molar-refractivity contribution in [3.05, 3.63) is 35.4 Å². The first-order chi connectivity index (χ1) is 9.63. The van der Waals surface area contributed by atoms with E-state index in [0.29, 0.717) is 11.1 Å². The summed E-state index contributed by atoms with van der Waals surface area (Å²) < 4.78 is 4.64. The predicted octanol–water partition coefficient (Wildman–Crippen LogP) is 1.30. The number of carbonyl (C=O) groups excluding carboxylic acids is 2. The number of carbonyl (C=O) groups is 2. The molecule has 1 heterocycles. The zero-order valence-electron chi connectivity index (χ0n) is 11.9. The molecular weight excluding hydrogens is 256 g/mol. The van der Waals surface area contributed by atoms with Crippen molar-refractivity contribution >= 4 is 11.9 Å². The number of amides is 1. The van der Waals surface area contributed by atoms with Gasteiger partial charge in [-0.15, -0.1) is 0 Å². The van der Waals surface area contributed by atoms with E-state index >= 15 is 0 Å². The summed E-state index contributed by atoms with van der Waals surface area (Å²) in [5.41, 5.74) is 1.05. The van der Waals surface area contributed by atoms with Crippen molar-refractivity contribution in [2.75, 3.05) is 27.2 Å². The first-order valence-electron chi connectivity index (χ1n) is 6.79. The van der Waals surface area contributed by atoms with Crippen molar-refractivity contribution < 1.29 is 14.3 Å². The maximum absolute atomic E-state index is 12.4. The molecule has 1 saturated heterocycles. The van der Waals surface area contributed by atoms with Gasteiger partial charge in [-0.25, -0.2) is 4.79 Å². The highest BCUT2D eigenvalue weighted by Crippen LogP contribution is 2.14. The summed E-state index contributed by atoms with van der Waals surface area (Å²) in [5, 5.41) is 3.29. The fourth-order valence-electron chi connectivity index (χ4n) is 2.43. The first-order valence-corrected chi connectivity index (χ1v) is 6.79. The molecule has 5 nitrogen and oxygen atoms in total. The number of nitrogens with zero attached hydrogens (tertiary/aromatic N) is 1. The maximum Gasteiger partial charge on any atom is 0.337 e. The fraction of sp³-hybridized carbons (Fsp3) is 0.467. The zero-order valence-corrected chi connectivity index (χ0v) is 11.9. The maximum atomic E-state index is 12.4. The summed E-state index contributed by atoms with van der Waals surface area (Å²) in [5.74, 6) is -0.399. The second-order valence-corrected chi connectivity index (χ2v) is 4.97. The minimum Gasteiger partial charge on any atom is -0.465 e. The summed E-state index contributed by atoms with van der Waals surface area (Å²) >= 11 is 0. The quantitative estimate of drug-likeness (QED) is 0.845. The molecule has 1 N–H and O–H groups in total. The largest absolute Gasteiger partial charge is 0.465 e. The van der Waals surface area contributed by atoms with Crippen molar-refractivity contribution in [2.24, 2.45) is 0 Å². The monoisotopic (exact) mass is 276 g/mol. The van der Waals surface area contributed by atoms with Gasteiger partial charge >= 0.3 is 5.97 Å². The molecule has 2 rings (SSSR count). The van der Waals surface area contributed by atoms with Crippen LogP contribution in [0.2, 0.25) is 0 Å². The Hall–Kier alpha value is -1.88. The lowest BCUT2D eigenvalue weighted by Gasteiger charge is -2.31. The van der Waals surface area contributed by atoms with E-state index in [2.05, 4.69) is 10.1 Å². The van der Waals surface area contributed by atoms with Gasteiger partial charge in [0.15, 0.2) is 0 Å². The second kappa shape index (κ2) is 6.52. The summed E-state index contributed by atoms with van der Waals surface area (Å²) in [6.07, 6.45) is 1.95. The molecule has 0 unspecified atom stereocenters. The van der Waals surface area contributed by atoms with Crippen LogP contribution in [0.1, 0.15) is 33.6 Å². The van der Waals surface area contributed by atoms with Gasteiger partial charge in [0.1, 0.15) is 0 Å². The molecule has 5 heteroatoms. The summed E-state index contributed by atoms with van der Waals surface area (Å²) in [6, 6.07) is 6.87. The van der Waals surface area contributed by atoms with Crippen LogP contribution >= 0.6 is 0 Å². The van der Waals surface area contributed by atoms with Gasteiger partial charge in [0.25, 0.3) is 5.91 Å². The third kappa shape index (κ3) is 3.17. The van der Waals surface area contributed by atoms with Crippen LogP contribution in [0.4, 0.5) is 0 Å². The van der Waals surface area contributed by atoms with E-state index in [1.165, 1.54) is 7.11 Å². The van der Waals surface area contributed by atoms with Crippen LogP contribution in [0.3, 0.4) is 0 Å². The third-order valence-electron chi connectivity index (χ3n) is 3.73. The summed E-state index contributed by atoms with van der Waals surface area (Å²) in [6.45, 7) is 1.90. The van der Waals surface area contributed by atoms with E-state index in [4.69, 9.17) is 0 Å². The lowest BCUT2D eigenvalue weighted by molar-refractivity contribution is 0.0599. The topological polar surface area (TPSA) is 58.6 Å². The van der Waals surface area contributed by atoms with Gasteiger partial charge in [-0.2, -0.15) is 0 Å². The Kier molecular flexibility index (Phi) is 4.74. The highest BCUT2D eigenvalue weighted by atomic mass is 16.5. The Bertz CT molecular complexity index is 478. The number of ether oxygens (including phenoxy) is 1. The molecule has 1 aliphatic rings. The van der Waals surface area contributed by atoms with Crippen LogP contribution in [-0.4, -0.2) is 50.1 Å². The number of benzene rings is 1. The summed E-state index contributed by atoms with van der Waals surface area (Å²) in [4.78, 5) is 25.5. The number of hydrogen-bond donors (Lipinski definition) is 1. The molecule has 1 aliphatic heterocycles. The summed E-state index contributed by atoms with van der Waals surface area (Å²) in [7, 11) is 3.18. The van der Waals surface area contributed by atoms with Crippen LogP contribution < -0.4 is 5.32 Å². The average Bonchev–Trinajstić information content (AvgIpc) is 2.53. The molecule has 1 aromatic carbocycles. The molecule has 0 spiro atoms. The van der Waals surface area contributed by atoms with Crippen molar-refractivity contribution in [1.29, 1.82) is 0 Å². The molecule has 1 amide bonds. The van der Waals surface area contributed by atoms with E-state index in [9.17, 15) is 9.59 Å². The van der Waals surface area contributed by atoms with Crippen molar-refractivity contribution in [3.63, 3.8) is 0 Å². The van der Waals surface area contributed by atoms with Crippen molar-refractivity contribution in [1.82, 2.24) is 10.2 Å². The highest BCUT2D eigenvalue weighted by molar-refractivity contribution is 5.96. The number of esters is 1. The second-order valence-electron chi connectivity index (χ2n) is 4.97. The Morgan fingerprint density at radius 3 is 2.25 bits per heavy atom. The molecule has 0 saturated carbocycles. The van der Waals surface area contributed by atoms with Crippen LogP contribution in [0.15, 0.2) is 24.3 Å². The van der Waals surface area contributed by atoms with Crippen LogP contribution in [0.25, 0.3) is 0 Å². The van der Waals surface area contributed by atoms with Gasteiger partial charge < -0.3 is 15.0 Å². The molecule has 0 radical (unpaired) electrons. The molecule has 0 aromatic heterocycles. The van der Waals surface area contributed by atoms with E-state index in [-0.39, 0.29) is 11.9 Å². The van der Waals surface area contributed by atoms with E-state index < -0.39 is 5.97 Å². The highest BCUT2D eigenvalue weighted by Gasteiger charge is 2.22. The van der Waals surface area contributed by atoms with E-state index in [1.54, 1.807) is 29.2 Å². The molecular formula is C15H20N2O3. The molecule has 0 bridgehead atoms. The third-order valence-corrected chi connectivity index (χ3v) is 3.73. The number of hydrogen-bond acceptors (Lipinski definition) is 4. The minimum atomic E-state index is -0.393. The van der Waals surface area contributed by atoms with Gasteiger partial charge in [0.05, 0.1) is 12.7 Å². The van der Waals surface area contributed by atoms with Gasteiger partial charge in [0, 0.05) is 18.7 Å². The standard InChI is InChI=1S/C15H20N2O3/c1-17(13-7-9-16-10-8-13)14(18)11-3-5-12(6-4-11)15(19)20-2/h3-6,13,16H,7-10H2,1-2H3. The van der Waals surface area contributed by atoms with Gasteiger partial charge in [-0.3, -0.25) is 4.79 Å². The zero-order chi connectivity index (χ0) is 14.5. The lowest BCUT2D eigenvalue weighted by Crippen LogP contribution is -2.43. The molecule has 108 valence electrons. The van der Waals surface area contributed by atoms with E-state index in [0.717, 1.165) is 25.9 Å². The number of rotatable bonds is 3. The first kappa shape index (κ1) is 14.5.